The Hall–Kier alpha value is -0.900. The fourth-order valence-corrected chi connectivity index (χ4v) is 2.40. The van der Waals surface area contributed by atoms with Crippen LogP contribution in [0.2, 0.25) is 0 Å². The predicted molar refractivity (Wildman–Crippen MR) is 83.9 cm³/mol. The van der Waals surface area contributed by atoms with Crippen LogP contribution in [0.1, 0.15) is 32.6 Å². The van der Waals surface area contributed by atoms with Gasteiger partial charge in [-0.25, -0.2) is 0 Å². The van der Waals surface area contributed by atoms with E-state index in [1.807, 2.05) is 0 Å². The van der Waals surface area contributed by atoms with Gasteiger partial charge in [0.15, 0.2) is 0 Å². The predicted octanol–water partition coefficient (Wildman–Crippen LogP) is 2.91. The van der Waals surface area contributed by atoms with Gasteiger partial charge < -0.3 is 10.6 Å². The summed E-state index contributed by atoms with van der Waals surface area (Å²) in [5.41, 5.74) is 0. The van der Waals surface area contributed by atoms with Crippen molar-refractivity contribution >= 4 is 17.7 Å². The maximum atomic E-state index is 11.5. The zero-order chi connectivity index (χ0) is 13.9. The first-order chi connectivity index (χ1) is 9.22. The number of carbonyl (C=O) groups excluding carboxylic acids is 1. The van der Waals surface area contributed by atoms with E-state index in [-0.39, 0.29) is 5.91 Å². The maximum absolute atomic E-state index is 11.5. The highest BCUT2D eigenvalue weighted by molar-refractivity contribution is 8.02. The summed E-state index contributed by atoms with van der Waals surface area (Å²) in [6, 6.07) is 0. The molecule has 1 saturated carbocycles. The van der Waals surface area contributed by atoms with Crippen molar-refractivity contribution in [2.75, 3.05) is 18.8 Å². The molecule has 1 rings (SSSR count). The van der Waals surface area contributed by atoms with Gasteiger partial charge >= 0.3 is 0 Å². The zero-order valence-electron chi connectivity index (χ0n) is 11.9. The van der Waals surface area contributed by atoms with Gasteiger partial charge in [-0.1, -0.05) is 19.6 Å². The van der Waals surface area contributed by atoms with Crippen molar-refractivity contribution in [3.8, 4) is 0 Å². The molecule has 0 radical (unpaired) electrons. The number of hydrogen-bond donors (Lipinski definition) is 2. The summed E-state index contributed by atoms with van der Waals surface area (Å²) in [5, 5.41) is 8.12. The Kier molecular flexibility index (Phi) is 8.47. The van der Waals surface area contributed by atoms with E-state index in [1.54, 1.807) is 18.0 Å². The summed E-state index contributed by atoms with van der Waals surface area (Å²) in [5.74, 6) is 2.01. The van der Waals surface area contributed by atoms with E-state index in [0.717, 1.165) is 31.8 Å². The van der Waals surface area contributed by atoms with E-state index in [9.17, 15) is 4.79 Å². The van der Waals surface area contributed by atoms with Gasteiger partial charge in [-0.2, -0.15) is 0 Å². The highest BCUT2D eigenvalue weighted by atomic mass is 32.2. The average Bonchev–Trinajstić information content (AvgIpc) is 3.21. The van der Waals surface area contributed by atoms with Gasteiger partial charge in [0.1, 0.15) is 0 Å². The van der Waals surface area contributed by atoms with Crippen LogP contribution >= 0.6 is 11.8 Å². The number of nitrogens with one attached hydrogen (secondary N) is 2. The molecule has 4 heteroatoms. The van der Waals surface area contributed by atoms with Crippen LogP contribution in [0.15, 0.2) is 24.3 Å². The second kappa shape index (κ2) is 9.96. The normalized spacial score (nSPS) is 16.3. The topological polar surface area (TPSA) is 41.1 Å². The highest BCUT2D eigenvalue weighted by Gasteiger charge is 2.21. The molecule has 0 saturated heterocycles. The summed E-state index contributed by atoms with van der Waals surface area (Å²) in [4.78, 5) is 11.5. The second-order valence-electron chi connectivity index (χ2n) is 5.16. The van der Waals surface area contributed by atoms with Gasteiger partial charge in [0.05, 0.1) is 5.75 Å². The second-order valence-corrected chi connectivity index (χ2v) is 6.06. The molecule has 1 atom stereocenters. The van der Waals surface area contributed by atoms with E-state index in [2.05, 4.69) is 35.6 Å². The van der Waals surface area contributed by atoms with E-state index in [1.165, 1.54) is 12.8 Å². The lowest BCUT2D eigenvalue weighted by Crippen LogP contribution is -2.26. The van der Waals surface area contributed by atoms with Gasteiger partial charge in [0.25, 0.3) is 0 Å². The van der Waals surface area contributed by atoms with Crippen LogP contribution < -0.4 is 10.6 Å². The fourth-order valence-electron chi connectivity index (χ4n) is 1.67. The molecule has 0 aliphatic heterocycles. The minimum Gasteiger partial charge on any atom is -0.391 e. The summed E-state index contributed by atoms with van der Waals surface area (Å²) in [6.45, 7) is 7.68. The summed E-state index contributed by atoms with van der Waals surface area (Å²) >= 11 is 1.58. The number of carbonyl (C=O) groups is 1. The van der Waals surface area contributed by atoms with E-state index in [0.29, 0.717) is 11.7 Å². The lowest BCUT2D eigenvalue weighted by molar-refractivity contribution is -0.118. The van der Waals surface area contributed by atoms with Crippen molar-refractivity contribution in [3.05, 3.63) is 24.3 Å². The lowest BCUT2D eigenvalue weighted by Gasteiger charge is -2.06. The number of thioether (sulfide) groups is 1. The van der Waals surface area contributed by atoms with Crippen molar-refractivity contribution in [2.45, 2.75) is 32.6 Å². The molecule has 108 valence electrons. The fraction of sp³-hybridized carbons (Fsp3) is 0.667. The molecule has 3 nitrogen and oxygen atoms in total. The number of amides is 1. The molecule has 0 bridgehead atoms. The molecule has 0 spiro atoms. The minimum atomic E-state index is 0.157. The Balaban J connectivity index is 1.95. The largest absolute Gasteiger partial charge is 0.391 e. The zero-order valence-corrected chi connectivity index (χ0v) is 12.7. The van der Waals surface area contributed by atoms with Gasteiger partial charge in [-0.3, -0.25) is 4.79 Å². The van der Waals surface area contributed by atoms with Crippen LogP contribution in [-0.2, 0) is 4.79 Å². The van der Waals surface area contributed by atoms with Gasteiger partial charge in [-0.15, -0.1) is 11.8 Å². The molecule has 1 unspecified atom stereocenters. The number of rotatable bonds is 11. The van der Waals surface area contributed by atoms with Gasteiger partial charge in [0.2, 0.25) is 5.91 Å². The van der Waals surface area contributed by atoms with Gasteiger partial charge in [0, 0.05) is 13.1 Å². The van der Waals surface area contributed by atoms with Crippen molar-refractivity contribution < 1.29 is 4.79 Å². The third kappa shape index (κ3) is 9.65. The molecule has 1 aliphatic carbocycles. The number of allylic oxidation sites excluding steroid dienone is 1. The first kappa shape index (κ1) is 16.2. The molecule has 0 aromatic carbocycles. The Bertz CT molecular complexity index is 301. The lowest BCUT2D eigenvalue weighted by atomic mass is 10.1. The molecule has 1 amide bonds. The smallest absolute Gasteiger partial charge is 0.230 e. The van der Waals surface area contributed by atoms with Crippen molar-refractivity contribution in [3.63, 3.8) is 0 Å². The monoisotopic (exact) mass is 282 g/mol. The van der Waals surface area contributed by atoms with Crippen molar-refractivity contribution in [1.29, 1.82) is 0 Å². The molecule has 2 N–H and O–H groups in total. The maximum Gasteiger partial charge on any atom is 0.230 e. The standard InChI is InChI=1S/C15H26N2OS/c1-3-16-9-4-5-13(2)8-10-19-12-15(18)17-11-14-6-7-14/h3,8,10,13-14,16H,1,4-7,9,11-12H2,2H3,(H,17,18)/b10-8+. The average molecular weight is 282 g/mol. The molecule has 1 aliphatic rings. The summed E-state index contributed by atoms with van der Waals surface area (Å²) in [7, 11) is 0. The van der Waals surface area contributed by atoms with Crippen LogP contribution in [0.3, 0.4) is 0 Å². The van der Waals surface area contributed by atoms with E-state index >= 15 is 0 Å². The van der Waals surface area contributed by atoms with E-state index in [4.69, 9.17) is 0 Å². The molecule has 0 aromatic heterocycles. The van der Waals surface area contributed by atoms with Crippen LogP contribution in [-0.4, -0.2) is 24.7 Å². The Morgan fingerprint density at radius 1 is 1.53 bits per heavy atom. The minimum absolute atomic E-state index is 0.157. The van der Waals surface area contributed by atoms with Crippen LogP contribution in [0, 0.1) is 11.8 Å². The molecule has 0 aromatic rings. The molecular formula is C15H26N2OS. The summed E-state index contributed by atoms with van der Waals surface area (Å²) < 4.78 is 0. The van der Waals surface area contributed by atoms with Gasteiger partial charge in [-0.05, 0) is 49.1 Å². The van der Waals surface area contributed by atoms with Crippen LogP contribution in [0.25, 0.3) is 0 Å². The first-order valence-electron chi connectivity index (χ1n) is 7.11. The van der Waals surface area contributed by atoms with E-state index < -0.39 is 0 Å². The Labute approximate surface area is 121 Å². The SMILES string of the molecule is C=CNCCCC(C)/C=C/SCC(=O)NCC1CC1. The third-order valence-corrected chi connectivity index (χ3v) is 3.91. The highest BCUT2D eigenvalue weighted by Crippen LogP contribution is 2.27. The van der Waals surface area contributed by atoms with Crippen LogP contribution in [0.5, 0.6) is 0 Å². The number of hydrogen-bond acceptors (Lipinski definition) is 3. The Morgan fingerprint density at radius 3 is 3.00 bits per heavy atom. The first-order valence-corrected chi connectivity index (χ1v) is 8.16. The molecule has 1 fully saturated rings. The Morgan fingerprint density at radius 2 is 2.32 bits per heavy atom. The third-order valence-electron chi connectivity index (χ3n) is 3.13. The molecule has 0 heterocycles. The van der Waals surface area contributed by atoms with Crippen molar-refractivity contribution in [2.24, 2.45) is 11.8 Å². The summed E-state index contributed by atoms with van der Waals surface area (Å²) in [6.07, 6.45) is 8.79. The quantitative estimate of drug-likeness (QED) is 0.573. The van der Waals surface area contributed by atoms with Crippen molar-refractivity contribution in [1.82, 2.24) is 10.6 Å². The molecular weight excluding hydrogens is 256 g/mol. The van der Waals surface area contributed by atoms with Crippen LogP contribution in [0.4, 0.5) is 0 Å². The molecule has 19 heavy (non-hydrogen) atoms.